The van der Waals surface area contributed by atoms with Gasteiger partial charge < -0.3 is 9.47 Å². The number of carbonyl (C=O) groups is 1. The third-order valence-electron chi connectivity index (χ3n) is 5.13. The molecule has 0 unspecified atom stereocenters. The van der Waals surface area contributed by atoms with E-state index < -0.39 is 0 Å². The summed E-state index contributed by atoms with van der Waals surface area (Å²) >= 11 is 0. The molecule has 1 fully saturated rings. The Balaban J connectivity index is 1.83. The zero-order chi connectivity index (χ0) is 16.6. The van der Waals surface area contributed by atoms with Crippen LogP contribution in [0, 0.1) is 13.8 Å². The number of aryl methyl sites for hydroxylation is 1. The van der Waals surface area contributed by atoms with Crippen molar-refractivity contribution in [1.29, 1.82) is 0 Å². The molecule has 1 saturated heterocycles. The van der Waals surface area contributed by atoms with Gasteiger partial charge in [0.1, 0.15) is 0 Å². The SMILES string of the molecule is Cc1cc(C(=O)N2CCN(C)[C@H](c3ccccc3)C2)c(C)n1C. The normalized spacial score (nSPS) is 19.1. The Morgan fingerprint density at radius 3 is 2.39 bits per heavy atom. The van der Waals surface area contributed by atoms with Gasteiger partial charge in [-0.3, -0.25) is 9.69 Å². The third kappa shape index (κ3) is 2.91. The highest BCUT2D eigenvalue weighted by atomic mass is 16.2. The second kappa shape index (κ2) is 6.20. The Bertz CT molecular complexity index is 705. The molecule has 2 aromatic rings. The monoisotopic (exact) mass is 311 g/mol. The first-order valence-electron chi connectivity index (χ1n) is 8.16. The quantitative estimate of drug-likeness (QED) is 0.853. The zero-order valence-corrected chi connectivity index (χ0v) is 14.4. The number of rotatable bonds is 2. The molecule has 1 aliphatic rings. The summed E-state index contributed by atoms with van der Waals surface area (Å²) in [7, 11) is 4.15. The Hall–Kier alpha value is -2.07. The maximum absolute atomic E-state index is 13.0. The highest BCUT2D eigenvalue weighted by molar-refractivity contribution is 5.95. The molecule has 2 heterocycles. The van der Waals surface area contributed by atoms with E-state index in [-0.39, 0.29) is 11.9 Å². The Labute approximate surface area is 138 Å². The summed E-state index contributed by atoms with van der Waals surface area (Å²) in [6.45, 7) is 6.49. The van der Waals surface area contributed by atoms with Gasteiger partial charge in [0.2, 0.25) is 0 Å². The predicted octanol–water partition coefficient (Wildman–Crippen LogP) is 2.77. The Kier molecular flexibility index (Phi) is 4.26. The molecule has 1 amide bonds. The van der Waals surface area contributed by atoms with Crippen LogP contribution in [0.3, 0.4) is 0 Å². The van der Waals surface area contributed by atoms with Crippen LogP contribution in [-0.2, 0) is 7.05 Å². The van der Waals surface area contributed by atoms with Crippen molar-refractivity contribution in [2.45, 2.75) is 19.9 Å². The van der Waals surface area contributed by atoms with E-state index in [1.54, 1.807) is 0 Å². The standard InChI is InChI=1S/C19H25N3O/c1-14-12-17(15(2)21(14)4)19(23)22-11-10-20(3)18(13-22)16-8-6-5-7-9-16/h5-9,12,18H,10-11,13H2,1-4H3/t18-/m0/s1. The van der Waals surface area contributed by atoms with E-state index in [2.05, 4.69) is 40.8 Å². The number of nitrogens with zero attached hydrogens (tertiary/aromatic N) is 3. The van der Waals surface area contributed by atoms with E-state index in [4.69, 9.17) is 0 Å². The van der Waals surface area contributed by atoms with Crippen LogP contribution in [0.1, 0.15) is 33.4 Å². The number of benzene rings is 1. The van der Waals surface area contributed by atoms with Gasteiger partial charge in [-0.05, 0) is 32.5 Å². The van der Waals surface area contributed by atoms with Crippen molar-refractivity contribution in [2.75, 3.05) is 26.7 Å². The van der Waals surface area contributed by atoms with Crippen LogP contribution >= 0.6 is 0 Å². The van der Waals surface area contributed by atoms with Gasteiger partial charge in [-0.25, -0.2) is 0 Å². The topological polar surface area (TPSA) is 28.5 Å². The molecule has 1 aliphatic heterocycles. The summed E-state index contributed by atoms with van der Waals surface area (Å²) < 4.78 is 2.08. The van der Waals surface area contributed by atoms with Gasteiger partial charge in [0.15, 0.2) is 0 Å². The van der Waals surface area contributed by atoms with Crippen LogP contribution < -0.4 is 0 Å². The number of carbonyl (C=O) groups excluding carboxylic acids is 1. The highest BCUT2D eigenvalue weighted by Gasteiger charge is 2.30. The van der Waals surface area contributed by atoms with Gasteiger partial charge in [-0.2, -0.15) is 0 Å². The minimum Gasteiger partial charge on any atom is -0.351 e. The molecule has 0 aliphatic carbocycles. The van der Waals surface area contributed by atoms with E-state index in [1.165, 1.54) is 5.56 Å². The molecule has 4 heteroatoms. The van der Waals surface area contributed by atoms with E-state index >= 15 is 0 Å². The lowest BCUT2D eigenvalue weighted by Gasteiger charge is -2.39. The number of hydrogen-bond donors (Lipinski definition) is 0. The minimum atomic E-state index is 0.153. The van der Waals surface area contributed by atoms with Gasteiger partial charge >= 0.3 is 0 Å². The first-order valence-corrected chi connectivity index (χ1v) is 8.16. The van der Waals surface area contributed by atoms with E-state index in [9.17, 15) is 4.79 Å². The fourth-order valence-corrected chi connectivity index (χ4v) is 3.34. The van der Waals surface area contributed by atoms with Crippen molar-refractivity contribution in [3.05, 3.63) is 58.9 Å². The van der Waals surface area contributed by atoms with Crippen molar-refractivity contribution >= 4 is 5.91 Å². The lowest BCUT2D eigenvalue weighted by molar-refractivity contribution is 0.0545. The lowest BCUT2D eigenvalue weighted by Crippen LogP contribution is -2.49. The Morgan fingerprint density at radius 2 is 1.78 bits per heavy atom. The second-order valence-corrected chi connectivity index (χ2v) is 6.50. The molecule has 4 nitrogen and oxygen atoms in total. The van der Waals surface area contributed by atoms with Crippen molar-refractivity contribution in [3.63, 3.8) is 0 Å². The van der Waals surface area contributed by atoms with Crippen LogP contribution in [0.2, 0.25) is 0 Å². The number of piperazine rings is 1. The average molecular weight is 311 g/mol. The Morgan fingerprint density at radius 1 is 1.09 bits per heavy atom. The molecule has 23 heavy (non-hydrogen) atoms. The first kappa shape index (κ1) is 15.8. The number of hydrogen-bond acceptors (Lipinski definition) is 2. The van der Waals surface area contributed by atoms with Gasteiger partial charge in [0.05, 0.1) is 11.6 Å². The predicted molar refractivity (Wildman–Crippen MR) is 92.6 cm³/mol. The number of likely N-dealkylation sites (N-methyl/N-ethyl adjacent to an activating group) is 1. The van der Waals surface area contributed by atoms with E-state index in [1.807, 2.05) is 37.9 Å². The van der Waals surface area contributed by atoms with Crippen LogP contribution in [0.5, 0.6) is 0 Å². The summed E-state index contributed by atoms with van der Waals surface area (Å²) in [6, 6.07) is 12.7. The van der Waals surface area contributed by atoms with Crippen LogP contribution in [0.15, 0.2) is 36.4 Å². The van der Waals surface area contributed by atoms with E-state index in [0.29, 0.717) is 0 Å². The highest BCUT2D eigenvalue weighted by Crippen LogP contribution is 2.25. The summed E-state index contributed by atoms with van der Waals surface area (Å²) in [4.78, 5) is 17.3. The van der Waals surface area contributed by atoms with Crippen molar-refractivity contribution < 1.29 is 4.79 Å². The van der Waals surface area contributed by atoms with Crippen LogP contribution in [0.25, 0.3) is 0 Å². The molecule has 0 radical (unpaired) electrons. The van der Waals surface area contributed by atoms with Crippen LogP contribution in [-0.4, -0.2) is 47.0 Å². The largest absolute Gasteiger partial charge is 0.351 e. The second-order valence-electron chi connectivity index (χ2n) is 6.50. The third-order valence-corrected chi connectivity index (χ3v) is 5.13. The fraction of sp³-hybridized carbons (Fsp3) is 0.421. The molecule has 1 aromatic heterocycles. The maximum Gasteiger partial charge on any atom is 0.255 e. The molecule has 0 N–H and O–H groups in total. The molecule has 122 valence electrons. The number of aromatic nitrogens is 1. The molecule has 0 saturated carbocycles. The molecule has 3 rings (SSSR count). The van der Waals surface area contributed by atoms with Gasteiger partial charge in [-0.15, -0.1) is 0 Å². The maximum atomic E-state index is 13.0. The molecular weight excluding hydrogens is 286 g/mol. The summed E-state index contributed by atoms with van der Waals surface area (Å²) in [5.74, 6) is 0.153. The van der Waals surface area contributed by atoms with Gasteiger partial charge in [0.25, 0.3) is 5.91 Å². The first-order chi connectivity index (χ1) is 11.0. The number of amides is 1. The van der Waals surface area contributed by atoms with Crippen LogP contribution in [0.4, 0.5) is 0 Å². The molecule has 0 spiro atoms. The fourth-order valence-electron chi connectivity index (χ4n) is 3.34. The molecule has 1 aromatic carbocycles. The van der Waals surface area contributed by atoms with Crippen molar-refractivity contribution in [3.8, 4) is 0 Å². The van der Waals surface area contributed by atoms with Crippen molar-refractivity contribution in [2.24, 2.45) is 7.05 Å². The zero-order valence-electron chi connectivity index (χ0n) is 14.4. The molecular formula is C19H25N3O. The minimum absolute atomic E-state index is 0.153. The van der Waals surface area contributed by atoms with Crippen molar-refractivity contribution in [1.82, 2.24) is 14.4 Å². The van der Waals surface area contributed by atoms with Gasteiger partial charge in [0, 0.05) is 38.1 Å². The average Bonchev–Trinajstić information content (AvgIpc) is 2.83. The molecule has 0 bridgehead atoms. The summed E-state index contributed by atoms with van der Waals surface area (Å²) in [5, 5.41) is 0. The smallest absolute Gasteiger partial charge is 0.255 e. The summed E-state index contributed by atoms with van der Waals surface area (Å²) in [5.41, 5.74) is 4.28. The van der Waals surface area contributed by atoms with E-state index in [0.717, 1.165) is 36.6 Å². The van der Waals surface area contributed by atoms with Gasteiger partial charge in [-0.1, -0.05) is 30.3 Å². The lowest BCUT2D eigenvalue weighted by atomic mass is 10.0. The molecule has 1 atom stereocenters. The summed E-state index contributed by atoms with van der Waals surface area (Å²) in [6.07, 6.45) is 0.